The molecule has 0 saturated heterocycles. The minimum Gasteiger partial charge on any atom is -0.481 e. The first-order chi connectivity index (χ1) is 8.21. The molecule has 0 aromatic heterocycles. The van der Waals surface area contributed by atoms with E-state index < -0.39 is 5.97 Å². The Labute approximate surface area is 109 Å². The molecule has 0 aromatic rings. The third-order valence-corrected chi connectivity index (χ3v) is 4.11. The SMILES string of the molecule is CC(NC(=O)C1CCC(C(=O)O)CC1)C(C)(C)C. The number of nitrogens with one attached hydrogen (secondary N) is 1. The van der Waals surface area contributed by atoms with Crippen LogP contribution in [0.4, 0.5) is 0 Å². The van der Waals surface area contributed by atoms with Gasteiger partial charge in [-0.25, -0.2) is 0 Å². The molecule has 18 heavy (non-hydrogen) atoms. The van der Waals surface area contributed by atoms with E-state index in [4.69, 9.17) is 5.11 Å². The van der Waals surface area contributed by atoms with Crippen molar-refractivity contribution in [1.29, 1.82) is 0 Å². The maximum atomic E-state index is 12.1. The van der Waals surface area contributed by atoms with Crippen LogP contribution in [0.25, 0.3) is 0 Å². The standard InChI is InChI=1S/C14H25NO3/c1-9(14(2,3)4)15-12(16)10-5-7-11(8-6-10)13(17)18/h9-11H,5-8H2,1-4H3,(H,15,16)(H,17,18). The second kappa shape index (κ2) is 5.72. The molecule has 0 spiro atoms. The summed E-state index contributed by atoms with van der Waals surface area (Å²) < 4.78 is 0. The summed E-state index contributed by atoms with van der Waals surface area (Å²) in [5, 5.41) is 12.0. The third kappa shape index (κ3) is 4.00. The molecule has 1 unspecified atom stereocenters. The predicted molar refractivity (Wildman–Crippen MR) is 70.1 cm³/mol. The fourth-order valence-corrected chi connectivity index (χ4v) is 2.15. The van der Waals surface area contributed by atoms with Gasteiger partial charge in [-0.3, -0.25) is 9.59 Å². The molecule has 104 valence electrons. The van der Waals surface area contributed by atoms with E-state index in [1.165, 1.54) is 0 Å². The zero-order valence-corrected chi connectivity index (χ0v) is 11.8. The van der Waals surface area contributed by atoms with Crippen LogP contribution >= 0.6 is 0 Å². The fraction of sp³-hybridized carbons (Fsp3) is 0.857. The van der Waals surface area contributed by atoms with E-state index in [2.05, 4.69) is 26.1 Å². The first kappa shape index (κ1) is 15.0. The molecule has 0 aliphatic heterocycles. The van der Waals surface area contributed by atoms with Gasteiger partial charge in [-0.15, -0.1) is 0 Å². The van der Waals surface area contributed by atoms with Crippen molar-refractivity contribution in [2.45, 2.75) is 59.4 Å². The van der Waals surface area contributed by atoms with E-state index in [9.17, 15) is 9.59 Å². The summed E-state index contributed by atoms with van der Waals surface area (Å²) in [6.45, 7) is 8.30. The van der Waals surface area contributed by atoms with Gasteiger partial charge in [0.15, 0.2) is 0 Å². The number of carbonyl (C=O) groups is 2. The number of aliphatic carboxylic acids is 1. The lowest BCUT2D eigenvalue weighted by Crippen LogP contribution is -2.45. The summed E-state index contributed by atoms with van der Waals surface area (Å²) in [6.07, 6.45) is 2.63. The van der Waals surface area contributed by atoms with Crippen molar-refractivity contribution in [3.63, 3.8) is 0 Å². The summed E-state index contributed by atoms with van der Waals surface area (Å²) in [5.41, 5.74) is 0.0495. The number of carbonyl (C=O) groups excluding carboxylic acids is 1. The van der Waals surface area contributed by atoms with Crippen molar-refractivity contribution >= 4 is 11.9 Å². The molecular formula is C14H25NO3. The Balaban J connectivity index is 2.43. The van der Waals surface area contributed by atoms with Crippen molar-refractivity contribution < 1.29 is 14.7 Å². The first-order valence-corrected chi connectivity index (χ1v) is 6.75. The van der Waals surface area contributed by atoms with Crippen LogP contribution in [-0.2, 0) is 9.59 Å². The van der Waals surface area contributed by atoms with E-state index in [-0.39, 0.29) is 29.2 Å². The van der Waals surface area contributed by atoms with Gasteiger partial charge in [0.05, 0.1) is 5.92 Å². The number of carboxylic acids is 1. The molecule has 1 fully saturated rings. The smallest absolute Gasteiger partial charge is 0.306 e. The van der Waals surface area contributed by atoms with Crippen molar-refractivity contribution in [1.82, 2.24) is 5.32 Å². The van der Waals surface area contributed by atoms with E-state index in [1.807, 2.05) is 6.92 Å². The molecule has 2 N–H and O–H groups in total. The minimum absolute atomic E-state index is 0.00889. The van der Waals surface area contributed by atoms with E-state index in [0.29, 0.717) is 25.7 Å². The average molecular weight is 255 g/mol. The fourth-order valence-electron chi connectivity index (χ4n) is 2.15. The zero-order valence-electron chi connectivity index (χ0n) is 11.8. The van der Waals surface area contributed by atoms with E-state index in [0.717, 1.165) is 0 Å². The van der Waals surface area contributed by atoms with Crippen LogP contribution in [0.2, 0.25) is 0 Å². The highest BCUT2D eigenvalue weighted by molar-refractivity contribution is 5.79. The van der Waals surface area contributed by atoms with Gasteiger partial charge in [0.25, 0.3) is 0 Å². The van der Waals surface area contributed by atoms with Gasteiger partial charge < -0.3 is 10.4 Å². The third-order valence-electron chi connectivity index (χ3n) is 4.11. The highest BCUT2D eigenvalue weighted by Gasteiger charge is 2.31. The first-order valence-electron chi connectivity index (χ1n) is 6.75. The average Bonchev–Trinajstić information content (AvgIpc) is 2.27. The molecule has 1 rings (SSSR count). The Bertz CT molecular complexity index is 311. The van der Waals surface area contributed by atoms with Gasteiger partial charge in [0.2, 0.25) is 5.91 Å². The van der Waals surface area contributed by atoms with Gasteiger partial charge in [0.1, 0.15) is 0 Å². The summed E-state index contributed by atoms with van der Waals surface area (Å²) in [7, 11) is 0. The lowest BCUT2D eigenvalue weighted by molar-refractivity contribution is -0.144. The van der Waals surface area contributed by atoms with Gasteiger partial charge in [-0.2, -0.15) is 0 Å². The summed E-state index contributed by atoms with van der Waals surface area (Å²) >= 11 is 0. The Kier molecular flexibility index (Phi) is 4.77. The molecule has 1 aliphatic rings. The Morgan fingerprint density at radius 1 is 1.11 bits per heavy atom. The molecule has 0 heterocycles. The van der Waals surface area contributed by atoms with Crippen LogP contribution in [0.3, 0.4) is 0 Å². The molecule has 0 aromatic carbocycles. The molecule has 4 heteroatoms. The number of rotatable bonds is 3. The van der Waals surface area contributed by atoms with Crippen LogP contribution in [0.5, 0.6) is 0 Å². The van der Waals surface area contributed by atoms with Crippen molar-refractivity contribution in [2.75, 3.05) is 0 Å². The number of carboxylic acid groups (broad SMARTS) is 1. The van der Waals surface area contributed by atoms with Crippen LogP contribution < -0.4 is 5.32 Å². The summed E-state index contributed by atoms with van der Waals surface area (Å²) in [5.74, 6) is -0.905. The van der Waals surface area contributed by atoms with E-state index >= 15 is 0 Å². The predicted octanol–water partition coefficient (Wildman–Crippen LogP) is 2.43. The Morgan fingerprint density at radius 3 is 1.94 bits per heavy atom. The number of hydrogen-bond acceptors (Lipinski definition) is 2. The lowest BCUT2D eigenvalue weighted by Gasteiger charge is -2.31. The van der Waals surface area contributed by atoms with Gasteiger partial charge in [-0.1, -0.05) is 20.8 Å². The normalized spacial score (nSPS) is 26.4. The minimum atomic E-state index is -0.725. The van der Waals surface area contributed by atoms with Crippen molar-refractivity contribution in [3.8, 4) is 0 Å². The quantitative estimate of drug-likeness (QED) is 0.814. The second-order valence-corrected chi connectivity index (χ2v) is 6.48. The zero-order chi connectivity index (χ0) is 13.9. The molecule has 1 aliphatic carbocycles. The van der Waals surface area contributed by atoms with Crippen LogP contribution in [0.1, 0.15) is 53.4 Å². The molecule has 1 atom stereocenters. The maximum Gasteiger partial charge on any atom is 0.306 e. The maximum absolute atomic E-state index is 12.1. The molecular weight excluding hydrogens is 230 g/mol. The van der Waals surface area contributed by atoms with Gasteiger partial charge in [0, 0.05) is 12.0 Å². The molecule has 4 nitrogen and oxygen atoms in total. The van der Waals surface area contributed by atoms with Crippen LogP contribution in [-0.4, -0.2) is 23.0 Å². The monoisotopic (exact) mass is 255 g/mol. The van der Waals surface area contributed by atoms with Gasteiger partial charge in [-0.05, 0) is 38.0 Å². The summed E-state index contributed by atoms with van der Waals surface area (Å²) in [6, 6.07) is 0.127. The molecule has 0 radical (unpaired) electrons. The largest absolute Gasteiger partial charge is 0.481 e. The highest BCUT2D eigenvalue weighted by Crippen LogP contribution is 2.29. The van der Waals surface area contributed by atoms with Crippen LogP contribution in [0.15, 0.2) is 0 Å². The molecule has 0 bridgehead atoms. The highest BCUT2D eigenvalue weighted by atomic mass is 16.4. The number of amides is 1. The Hall–Kier alpha value is -1.06. The molecule has 1 amide bonds. The van der Waals surface area contributed by atoms with Gasteiger partial charge >= 0.3 is 5.97 Å². The molecule has 1 saturated carbocycles. The Morgan fingerprint density at radius 2 is 1.56 bits per heavy atom. The topological polar surface area (TPSA) is 66.4 Å². The second-order valence-electron chi connectivity index (χ2n) is 6.48. The summed E-state index contributed by atoms with van der Waals surface area (Å²) in [4.78, 5) is 22.9. The van der Waals surface area contributed by atoms with Crippen molar-refractivity contribution in [2.24, 2.45) is 17.3 Å². The van der Waals surface area contributed by atoms with Crippen molar-refractivity contribution in [3.05, 3.63) is 0 Å². The van der Waals surface area contributed by atoms with E-state index in [1.54, 1.807) is 0 Å². The number of hydrogen-bond donors (Lipinski definition) is 2. The lowest BCUT2D eigenvalue weighted by atomic mass is 9.81. The van der Waals surface area contributed by atoms with Crippen LogP contribution in [0, 0.1) is 17.3 Å².